The second-order valence-electron chi connectivity index (χ2n) is 8.70. The number of alkyl halides is 3. The van der Waals surface area contributed by atoms with Gasteiger partial charge in [-0.25, -0.2) is 4.98 Å². The van der Waals surface area contributed by atoms with Gasteiger partial charge < -0.3 is 10.2 Å². The highest BCUT2D eigenvalue weighted by molar-refractivity contribution is 7.11. The molecule has 1 amide bonds. The second-order valence-corrected chi connectivity index (χ2v) is 10.4. The van der Waals surface area contributed by atoms with E-state index in [0.29, 0.717) is 5.56 Å². The molecule has 0 spiro atoms. The first-order chi connectivity index (χ1) is 15.7. The SMILES string of the molecule is Cc1nc(C(F)(F)F)c(CC(=O)NC/C(=N\OC(C)C)c2ncc(C#CC(C)(C)C)cc2Cl)s1. The molecule has 0 aromatic carbocycles. The van der Waals surface area contributed by atoms with Gasteiger partial charge in [0.1, 0.15) is 17.5 Å². The fourth-order valence-electron chi connectivity index (χ4n) is 2.51. The van der Waals surface area contributed by atoms with Crippen LogP contribution in [0.1, 0.15) is 61.5 Å². The fourth-order valence-corrected chi connectivity index (χ4v) is 3.74. The second kappa shape index (κ2) is 11.2. The predicted octanol–water partition coefficient (Wildman–Crippen LogP) is 5.40. The predicted molar refractivity (Wildman–Crippen MR) is 127 cm³/mol. The highest BCUT2D eigenvalue weighted by atomic mass is 35.5. The van der Waals surface area contributed by atoms with Crippen LogP contribution >= 0.6 is 22.9 Å². The molecule has 0 fully saturated rings. The molecule has 2 aromatic rings. The molecule has 1 N–H and O–H groups in total. The summed E-state index contributed by atoms with van der Waals surface area (Å²) in [4.78, 5) is 25.4. The standard InChI is InChI=1S/C23H26ClF3N4O2S/c1-13(2)33-31-17(20-16(24)9-15(11-29-20)7-8-22(4,5)6)12-28-19(32)10-18-21(23(25,26)27)30-14(3)34-18/h9,11,13H,10,12H2,1-6H3,(H,28,32)/b31-17+. The van der Waals surface area contributed by atoms with E-state index in [1.54, 1.807) is 19.9 Å². The first-order valence-electron chi connectivity index (χ1n) is 10.4. The van der Waals surface area contributed by atoms with Gasteiger partial charge in [-0.3, -0.25) is 9.78 Å². The lowest BCUT2D eigenvalue weighted by Crippen LogP contribution is -2.32. The number of nitrogens with zero attached hydrogens (tertiary/aromatic N) is 3. The van der Waals surface area contributed by atoms with Crippen molar-refractivity contribution in [2.24, 2.45) is 10.6 Å². The Morgan fingerprint density at radius 2 is 2.00 bits per heavy atom. The summed E-state index contributed by atoms with van der Waals surface area (Å²) in [5.74, 6) is 5.46. The summed E-state index contributed by atoms with van der Waals surface area (Å²) in [6.07, 6.45) is -3.83. The van der Waals surface area contributed by atoms with Crippen molar-refractivity contribution in [3.05, 3.63) is 44.1 Å². The van der Waals surface area contributed by atoms with Gasteiger partial charge in [-0.1, -0.05) is 28.6 Å². The lowest BCUT2D eigenvalue weighted by molar-refractivity contribution is -0.141. The fraction of sp³-hybridized carbons (Fsp3) is 0.478. The summed E-state index contributed by atoms with van der Waals surface area (Å²) in [6.45, 7) is 10.8. The molecule has 2 rings (SSSR count). The van der Waals surface area contributed by atoms with Gasteiger partial charge in [-0.15, -0.1) is 11.3 Å². The number of pyridine rings is 1. The largest absolute Gasteiger partial charge is 0.434 e. The molecule has 0 radical (unpaired) electrons. The van der Waals surface area contributed by atoms with E-state index in [0.717, 1.165) is 11.3 Å². The number of aromatic nitrogens is 2. The molecule has 11 heteroatoms. The highest BCUT2D eigenvalue weighted by Gasteiger charge is 2.37. The highest BCUT2D eigenvalue weighted by Crippen LogP contribution is 2.34. The van der Waals surface area contributed by atoms with Gasteiger partial charge in [0, 0.05) is 22.1 Å². The average Bonchev–Trinajstić information content (AvgIpc) is 3.07. The number of thiazole rings is 1. The molecule has 184 valence electrons. The summed E-state index contributed by atoms with van der Waals surface area (Å²) in [5.41, 5.74) is -0.140. The Morgan fingerprint density at radius 3 is 2.56 bits per heavy atom. The number of nitrogens with one attached hydrogen (secondary N) is 1. The summed E-state index contributed by atoms with van der Waals surface area (Å²) in [7, 11) is 0. The van der Waals surface area contributed by atoms with Gasteiger partial charge in [0.2, 0.25) is 5.91 Å². The van der Waals surface area contributed by atoms with E-state index in [9.17, 15) is 18.0 Å². The Balaban J connectivity index is 2.21. The van der Waals surface area contributed by atoms with Crippen molar-refractivity contribution in [3.8, 4) is 11.8 Å². The average molecular weight is 515 g/mol. The van der Waals surface area contributed by atoms with Gasteiger partial charge in [0.05, 0.1) is 23.0 Å². The zero-order valence-corrected chi connectivity index (χ0v) is 21.3. The van der Waals surface area contributed by atoms with Gasteiger partial charge in [-0.05, 0) is 47.6 Å². The number of carbonyl (C=O) groups is 1. The maximum atomic E-state index is 13.2. The van der Waals surface area contributed by atoms with Gasteiger partial charge in [0.15, 0.2) is 5.69 Å². The minimum atomic E-state index is -4.63. The molecule has 0 saturated heterocycles. The third-order valence-corrected chi connectivity index (χ3v) is 5.18. The van der Waals surface area contributed by atoms with Crippen LogP contribution in [0.25, 0.3) is 0 Å². The van der Waals surface area contributed by atoms with Crippen LogP contribution in [-0.4, -0.2) is 34.2 Å². The van der Waals surface area contributed by atoms with Crippen molar-refractivity contribution >= 4 is 34.6 Å². The maximum absolute atomic E-state index is 13.2. The Labute approximate surface area is 206 Å². The lowest BCUT2D eigenvalue weighted by Gasteiger charge is -2.12. The number of aryl methyl sites for hydroxylation is 1. The smallest absolute Gasteiger partial charge is 0.393 e. The van der Waals surface area contributed by atoms with Gasteiger partial charge >= 0.3 is 6.18 Å². The lowest BCUT2D eigenvalue weighted by atomic mass is 9.97. The third kappa shape index (κ3) is 8.61. The first-order valence-corrected chi connectivity index (χ1v) is 11.6. The van der Waals surface area contributed by atoms with Crippen molar-refractivity contribution in [3.63, 3.8) is 0 Å². The zero-order valence-electron chi connectivity index (χ0n) is 19.7. The Hall–Kier alpha value is -2.64. The van der Waals surface area contributed by atoms with Crippen LogP contribution in [0.2, 0.25) is 5.02 Å². The summed E-state index contributed by atoms with van der Waals surface area (Å²) >= 11 is 7.23. The Bertz CT molecular complexity index is 1130. The number of hydrogen-bond donors (Lipinski definition) is 1. The Kier molecular flexibility index (Phi) is 9.08. The molecule has 0 saturated carbocycles. The van der Waals surface area contributed by atoms with Gasteiger partial charge in [0.25, 0.3) is 0 Å². The first kappa shape index (κ1) is 27.6. The van der Waals surface area contributed by atoms with E-state index < -0.39 is 24.2 Å². The zero-order chi connectivity index (χ0) is 25.7. The normalized spacial score (nSPS) is 12.4. The van der Waals surface area contributed by atoms with Crippen LogP contribution in [0, 0.1) is 24.2 Å². The van der Waals surface area contributed by atoms with E-state index in [-0.39, 0.29) is 44.4 Å². The minimum Gasteiger partial charge on any atom is -0.393 e. The molecule has 0 aliphatic heterocycles. The number of carbonyl (C=O) groups excluding carboxylic acids is 1. The molecule has 2 aromatic heterocycles. The number of hydrogen-bond acceptors (Lipinski definition) is 6. The van der Waals surface area contributed by atoms with Crippen molar-refractivity contribution in [2.75, 3.05) is 6.54 Å². The molecule has 0 aliphatic rings. The molecular formula is C23H26ClF3N4O2S. The van der Waals surface area contributed by atoms with Crippen LogP contribution in [0.3, 0.4) is 0 Å². The monoisotopic (exact) mass is 514 g/mol. The molecule has 6 nitrogen and oxygen atoms in total. The molecular weight excluding hydrogens is 489 g/mol. The number of halogens is 4. The number of amides is 1. The van der Waals surface area contributed by atoms with E-state index in [4.69, 9.17) is 16.4 Å². The van der Waals surface area contributed by atoms with E-state index in [1.807, 2.05) is 20.8 Å². The van der Waals surface area contributed by atoms with E-state index in [1.165, 1.54) is 13.1 Å². The summed E-state index contributed by atoms with van der Waals surface area (Å²) in [5, 5.41) is 7.08. The van der Waals surface area contributed by atoms with Crippen LogP contribution in [0.15, 0.2) is 17.4 Å². The topological polar surface area (TPSA) is 76.5 Å². The van der Waals surface area contributed by atoms with E-state index in [2.05, 4.69) is 32.3 Å². The number of oxime groups is 1. The summed E-state index contributed by atoms with van der Waals surface area (Å²) in [6, 6.07) is 1.63. The summed E-state index contributed by atoms with van der Waals surface area (Å²) < 4.78 is 39.5. The van der Waals surface area contributed by atoms with Crippen molar-refractivity contribution < 1.29 is 22.8 Å². The molecule has 2 heterocycles. The molecule has 34 heavy (non-hydrogen) atoms. The van der Waals surface area contributed by atoms with Crippen LogP contribution in [0.5, 0.6) is 0 Å². The van der Waals surface area contributed by atoms with Crippen LogP contribution in [-0.2, 0) is 22.2 Å². The molecule has 0 bridgehead atoms. The van der Waals surface area contributed by atoms with E-state index >= 15 is 0 Å². The Morgan fingerprint density at radius 1 is 1.32 bits per heavy atom. The van der Waals surface area contributed by atoms with Crippen LogP contribution in [0.4, 0.5) is 13.2 Å². The number of rotatable bonds is 7. The van der Waals surface area contributed by atoms with Crippen molar-refractivity contribution in [1.82, 2.24) is 15.3 Å². The molecule has 0 unspecified atom stereocenters. The van der Waals surface area contributed by atoms with Crippen LogP contribution < -0.4 is 5.32 Å². The van der Waals surface area contributed by atoms with Crippen molar-refractivity contribution in [2.45, 2.75) is 60.2 Å². The minimum absolute atomic E-state index is 0.148. The quantitative estimate of drug-likeness (QED) is 0.305. The van der Waals surface area contributed by atoms with Crippen molar-refractivity contribution in [1.29, 1.82) is 0 Å². The van der Waals surface area contributed by atoms with Gasteiger partial charge in [-0.2, -0.15) is 13.2 Å². The maximum Gasteiger partial charge on any atom is 0.434 e. The molecule has 0 atom stereocenters. The molecule has 0 aliphatic carbocycles. The third-order valence-electron chi connectivity index (χ3n) is 3.92.